The Morgan fingerprint density at radius 1 is 1.23 bits per heavy atom. The minimum absolute atomic E-state index is 0.0111. The van der Waals surface area contributed by atoms with Gasteiger partial charge in [-0.15, -0.1) is 0 Å². The van der Waals surface area contributed by atoms with Crippen LogP contribution in [0.5, 0.6) is 0 Å². The molecule has 1 aromatic rings. The lowest BCUT2D eigenvalue weighted by molar-refractivity contribution is -0.150. The summed E-state index contributed by atoms with van der Waals surface area (Å²) in [4.78, 5) is 5.10. The fourth-order valence-electron chi connectivity index (χ4n) is 3.57. The summed E-state index contributed by atoms with van der Waals surface area (Å²) in [6.45, 7) is 9.33. The van der Waals surface area contributed by atoms with Crippen LogP contribution in [0.4, 0.5) is 0 Å². The Kier molecular flexibility index (Phi) is 5.14. The van der Waals surface area contributed by atoms with Crippen molar-refractivity contribution in [1.82, 2.24) is 9.80 Å². The van der Waals surface area contributed by atoms with Crippen LogP contribution >= 0.6 is 0 Å². The standard InChI is InChI=1S/C18H28N2O2/c1-16-10-19(11-17-6-3-2-4-7-17)8-5-9-20(16)12-18(13-21)14-22-15-18/h2-4,6-7,16,21H,5,8-15H2,1H3. The van der Waals surface area contributed by atoms with Gasteiger partial charge in [-0.3, -0.25) is 9.80 Å². The number of hydrogen-bond acceptors (Lipinski definition) is 4. The third-order valence-corrected chi connectivity index (χ3v) is 5.00. The molecule has 4 heteroatoms. The van der Waals surface area contributed by atoms with E-state index in [1.807, 2.05) is 0 Å². The highest BCUT2D eigenvalue weighted by Crippen LogP contribution is 2.29. The third-order valence-electron chi connectivity index (χ3n) is 5.00. The van der Waals surface area contributed by atoms with E-state index in [1.165, 1.54) is 12.0 Å². The van der Waals surface area contributed by atoms with Gasteiger partial charge in [0.05, 0.1) is 25.2 Å². The van der Waals surface area contributed by atoms with Crippen molar-refractivity contribution in [3.8, 4) is 0 Å². The van der Waals surface area contributed by atoms with Gasteiger partial charge in [-0.25, -0.2) is 0 Å². The van der Waals surface area contributed by atoms with Crippen LogP contribution in [-0.2, 0) is 11.3 Å². The predicted octanol–water partition coefficient (Wildman–Crippen LogP) is 1.59. The second kappa shape index (κ2) is 7.09. The smallest absolute Gasteiger partial charge is 0.0579 e. The van der Waals surface area contributed by atoms with Gasteiger partial charge in [-0.1, -0.05) is 30.3 Å². The lowest BCUT2D eigenvalue weighted by Gasteiger charge is -2.44. The topological polar surface area (TPSA) is 35.9 Å². The largest absolute Gasteiger partial charge is 0.396 e. The van der Waals surface area contributed by atoms with Crippen LogP contribution in [-0.4, -0.2) is 66.9 Å². The fraction of sp³-hybridized carbons (Fsp3) is 0.667. The zero-order valence-electron chi connectivity index (χ0n) is 13.6. The van der Waals surface area contributed by atoms with E-state index >= 15 is 0 Å². The maximum Gasteiger partial charge on any atom is 0.0579 e. The number of hydrogen-bond donors (Lipinski definition) is 1. The molecule has 22 heavy (non-hydrogen) atoms. The highest BCUT2D eigenvalue weighted by molar-refractivity contribution is 5.14. The number of nitrogens with zero attached hydrogens (tertiary/aromatic N) is 2. The van der Waals surface area contributed by atoms with E-state index in [-0.39, 0.29) is 12.0 Å². The number of aliphatic hydroxyl groups is 1. The van der Waals surface area contributed by atoms with Crippen LogP contribution in [0.2, 0.25) is 0 Å². The molecule has 2 heterocycles. The van der Waals surface area contributed by atoms with Crippen LogP contribution in [0, 0.1) is 5.41 Å². The van der Waals surface area contributed by atoms with E-state index in [9.17, 15) is 5.11 Å². The molecule has 0 aliphatic carbocycles. The third kappa shape index (κ3) is 3.69. The SMILES string of the molecule is CC1CN(Cc2ccccc2)CCCN1CC1(CO)COC1. The van der Waals surface area contributed by atoms with Crippen molar-refractivity contribution in [1.29, 1.82) is 0 Å². The summed E-state index contributed by atoms with van der Waals surface area (Å²) < 4.78 is 5.34. The molecule has 1 aromatic carbocycles. The van der Waals surface area contributed by atoms with Gasteiger partial charge < -0.3 is 9.84 Å². The maximum atomic E-state index is 9.65. The maximum absolute atomic E-state index is 9.65. The second-order valence-corrected chi connectivity index (χ2v) is 7.04. The molecule has 3 rings (SSSR count). The molecule has 1 unspecified atom stereocenters. The highest BCUT2D eigenvalue weighted by Gasteiger charge is 2.40. The van der Waals surface area contributed by atoms with E-state index in [2.05, 4.69) is 47.1 Å². The predicted molar refractivity (Wildman–Crippen MR) is 87.7 cm³/mol. The Bertz CT molecular complexity index is 456. The monoisotopic (exact) mass is 304 g/mol. The Balaban J connectivity index is 1.57. The normalized spacial score (nSPS) is 26.4. The van der Waals surface area contributed by atoms with E-state index < -0.39 is 0 Å². The number of benzene rings is 1. The Hall–Kier alpha value is -0.940. The first-order valence-electron chi connectivity index (χ1n) is 8.40. The fourth-order valence-corrected chi connectivity index (χ4v) is 3.57. The molecular formula is C18H28N2O2. The van der Waals surface area contributed by atoms with Crippen LogP contribution < -0.4 is 0 Å². The average molecular weight is 304 g/mol. The van der Waals surface area contributed by atoms with E-state index in [4.69, 9.17) is 4.74 Å². The van der Waals surface area contributed by atoms with Gasteiger partial charge in [-0.2, -0.15) is 0 Å². The van der Waals surface area contributed by atoms with Crippen LogP contribution in [0.3, 0.4) is 0 Å². The molecule has 2 aliphatic heterocycles. The van der Waals surface area contributed by atoms with Crippen molar-refractivity contribution in [2.45, 2.75) is 25.9 Å². The Morgan fingerprint density at radius 2 is 2.00 bits per heavy atom. The lowest BCUT2D eigenvalue weighted by atomic mass is 9.86. The molecule has 0 amide bonds. The van der Waals surface area contributed by atoms with Gasteiger partial charge in [0.15, 0.2) is 0 Å². The van der Waals surface area contributed by atoms with Crippen molar-refractivity contribution in [3.05, 3.63) is 35.9 Å². The summed E-state index contributed by atoms with van der Waals surface area (Å²) in [7, 11) is 0. The van der Waals surface area contributed by atoms with E-state index in [1.54, 1.807) is 0 Å². The molecule has 0 saturated carbocycles. The van der Waals surface area contributed by atoms with E-state index in [0.717, 1.165) is 32.7 Å². The zero-order chi connectivity index (χ0) is 15.4. The summed E-state index contributed by atoms with van der Waals surface area (Å²) in [5.74, 6) is 0. The summed E-state index contributed by atoms with van der Waals surface area (Å²) in [5, 5.41) is 9.65. The van der Waals surface area contributed by atoms with Gasteiger partial charge >= 0.3 is 0 Å². The van der Waals surface area contributed by atoms with Crippen molar-refractivity contribution in [2.75, 3.05) is 46.0 Å². The summed E-state index contributed by atoms with van der Waals surface area (Å²) in [6.07, 6.45) is 1.19. The first kappa shape index (κ1) is 15.9. The lowest BCUT2D eigenvalue weighted by Crippen LogP contribution is -2.55. The van der Waals surface area contributed by atoms with Crippen molar-refractivity contribution in [2.24, 2.45) is 5.41 Å². The average Bonchev–Trinajstić information content (AvgIpc) is 2.65. The van der Waals surface area contributed by atoms with Gasteiger partial charge in [0.1, 0.15) is 0 Å². The van der Waals surface area contributed by atoms with Gasteiger partial charge in [0, 0.05) is 25.7 Å². The number of aliphatic hydroxyl groups excluding tert-OH is 1. The second-order valence-electron chi connectivity index (χ2n) is 7.04. The first-order valence-corrected chi connectivity index (χ1v) is 8.40. The Labute approximate surface area is 133 Å². The van der Waals surface area contributed by atoms with Crippen molar-refractivity contribution in [3.63, 3.8) is 0 Å². The molecular weight excluding hydrogens is 276 g/mol. The summed E-state index contributed by atoms with van der Waals surface area (Å²) >= 11 is 0. The molecule has 1 N–H and O–H groups in total. The molecule has 0 bridgehead atoms. The van der Waals surface area contributed by atoms with E-state index in [0.29, 0.717) is 19.3 Å². The van der Waals surface area contributed by atoms with Gasteiger partial charge in [-0.05, 0) is 32.0 Å². The summed E-state index contributed by atoms with van der Waals surface area (Å²) in [6, 6.07) is 11.2. The minimum Gasteiger partial charge on any atom is -0.396 e. The minimum atomic E-state index is -0.0111. The first-order chi connectivity index (χ1) is 10.7. The molecule has 0 aromatic heterocycles. The molecule has 1 atom stereocenters. The molecule has 4 nitrogen and oxygen atoms in total. The molecule has 0 spiro atoms. The number of rotatable bonds is 5. The highest BCUT2D eigenvalue weighted by atomic mass is 16.5. The summed E-state index contributed by atoms with van der Waals surface area (Å²) in [5.41, 5.74) is 1.38. The molecule has 2 aliphatic rings. The van der Waals surface area contributed by atoms with Crippen LogP contribution in [0.15, 0.2) is 30.3 Å². The van der Waals surface area contributed by atoms with Crippen LogP contribution in [0.25, 0.3) is 0 Å². The zero-order valence-corrected chi connectivity index (χ0v) is 13.6. The van der Waals surface area contributed by atoms with Crippen molar-refractivity contribution >= 4 is 0 Å². The Morgan fingerprint density at radius 3 is 2.64 bits per heavy atom. The van der Waals surface area contributed by atoms with Gasteiger partial charge in [0.25, 0.3) is 0 Å². The number of ether oxygens (including phenoxy) is 1. The molecule has 2 fully saturated rings. The molecule has 122 valence electrons. The van der Waals surface area contributed by atoms with Crippen LogP contribution in [0.1, 0.15) is 18.9 Å². The molecule has 0 radical (unpaired) electrons. The quantitative estimate of drug-likeness (QED) is 0.896. The van der Waals surface area contributed by atoms with Gasteiger partial charge in [0.2, 0.25) is 0 Å². The molecule has 2 saturated heterocycles. The van der Waals surface area contributed by atoms with Crippen molar-refractivity contribution < 1.29 is 9.84 Å².